The summed E-state index contributed by atoms with van der Waals surface area (Å²) < 4.78 is 17.9. The first-order valence-corrected chi connectivity index (χ1v) is 12.8. The molecule has 0 saturated carbocycles. The molecule has 160 valence electrons. The van der Waals surface area contributed by atoms with Crippen LogP contribution in [-0.2, 0) is 26.1 Å². The molecule has 0 fully saturated rings. The molecule has 0 aromatic heterocycles. The molecule has 0 aliphatic carbocycles. The second-order valence-corrected chi connectivity index (χ2v) is 9.86. The molecule has 2 rings (SSSR count). The number of benzene rings is 2. The third-order valence-corrected chi connectivity index (χ3v) is 8.07. The van der Waals surface area contributed by atoms with Crippen LogP contribution in [0.4, 0.5) is 0 Å². The van der Waals surface area contributed by atoms with Gasteiger partial charge in [0.25, 0.3) is 0 Å². The van der Waals surface area contributed by atoms with Crippen molar-refractivity contribution in [3.8, 4) is 16.9 Å². The smallest absolute Gasteiger partial charge is 0.500 e. The van der Waals surface area contributed by atoms with Crippen molar-refractivity contribution in [2.45, 2.75) is 59.4 Å². The Balaban J connectivity index is 2.16. The van der Waals surface area contributed by atoms with E-state index >= 15 is 0 Å². The Morgan fingerprint density at radius 2 is 1.41 bits per heavy atom. The van der Waals surface area contributed by atoms with Crippen molar-refractivity contribution in [1.82, 2.24) is 0 Å². The molecule has 29 heavy (non-hydrogen) atoms. The van der Waals surface area contributed by atoms with Gasteiger partial charge in [0.05, 0.1) is 0 Å². The molecule has 2 aromatic carbocycles. The highest BCUT2D eigenvalue weighted by atomic mass is 28.4. The van der Waals surface area contributed by atoms with E-state index < -0.39 is 8.80 Å². The van der Waals surface area contributed by atoms with Crippen LogP contribution in [-0.4, -0.2) is 33.7 Å². The fourth-order valence-electron chi connectivity index (χ4n) is 3.70. The van der Waals surface area contributed by atoms with E-state index in [1.54, 1.807) is 6.07 Å². The molecule has 5 heteroatoms. The van der Waals surface area contributed by atoms with Gasteiger partial charge in [-0.1, -0.05) is 43.7 Å². The van der Waals surface area contributed by atoms with Gasteiger partial charge in [0.1, 0.15) is 5.75 Å². The van der Waals surface area contributed by atoms with Gasteiger partial charge >= 0.3 is 8.80 Å². The van der Waals surface area contributed by atoms with Gasteiger partial charge in [-0.05, 0) is 74.4 Å². The zero-order valence-corrected chi connectivity index (χ0v) is 19.4. The minimum Gasteiger partial charge on any atom is -0.508 e. The Hall–Kier alpha value is -1.66. The number of phenolic OH excluding ortho intramolecular Hbond substituents is 1. The van der Waals surface area contributed by atoms with Gasteiger partial charge in [-0.3, -0.25) is 0 Å². The molecule has 0 saturated heterocycles. The SMILES string of the molecule is CCCc1ccc(-c2ccc(O)cc2CCC[Si](OCC)(OCC)OCC)cc1. The maximum absolute atomic E-state index is 10.0. The molecular formula is C24H36O4Si. The first-order chi connectivity index (χ1) is 14.1. The predicted molar refractivity (Wildman–Crippen MR) is 121 cm³/mol. The molecule has 0 atom stereocenters. The topological polar surface area (TPSA) is 47.9 Å². The minimum atomic E-state index is -2.64. The van der Waals surface area contributed by atoms with Gasteiger partial charge in [0.15, 0.2) is 0 Å². The van der Waals surface area contributed by atoms with Crippen molar-refractivity contribution >= 4 is 8.80 Å². The van der Waals surface area contributed by atoms with Crippen LogP contribution < -0.4 is 0 Å². The second kappa shape index (κ2) is 12.1. The van der Waals surface area contributed by atoms with Crippen molar-refractivity contribution in [1.29, 1.82) is 0 Å². The van der Waals surface area contributed by atoms with Crippen LogP contribution in [0, 0.1) is 0 Å². The zero-order chi connectivity index (χ0) is 21.1. The highest BCUT2D eigenvalue weighted by Crippen LogP contribution is 2.30. The minimum absolute atomic E-state index is 0.300. The summed E-state index contributed by atoms with van der Waals surface area (Å²) in [5.41, 5.74) is 4.85. The summed E-state index contributed by atoms with van der Waals surface area (Å²) in [6.45, 7) is 9.91. The van der Waals surface area contributed by atoms with Gasteiger partial charge < -0.3 is 18.4 Å². The maximum atomic E-state index is 10.0. The molecule has 0 heterocycles. The maximum Gasteiger partial charge on any atom is 0.500 e. The third-order valence-electron chi connectivity index (χ3n) is 4.91. The molecule has 4 nitrogen and oxygen atoms in total. The van der Waals surface area contributed by atoms with Crippen molar-refractivity contribution < 1.29 is 18.4 Å². The van der Waals surface area contributed by atoms with Gasteiger partial charge in [-0.2, -0.15) is 0 Å². The quantitative estimate of drug-likeness (QED) is 0.407. The van der Waals surface area contributed by atoms with Gasteiger partial charge in [0.2, 0.25) is 0 Å². The molecule has 1 N–H and O–H groups in total. The number of aryl methyl sites for hydroxylation is 2. The Bertz CT molecular complexity index is 713. The lowest BCUT2D eigenvalue weighted by atomic mass is 9.95. The highest BCUT2D eigenvalue weighted by molar-refractivity contribution is 6.60. The van der Waals surface area contributed by atoms with Crippen LogP contribution in [0.1, 0.15) is 51.7 Å². The number of aromatic hydroxyl groups is 1. The molecular weight excluding hydrogens is 380 g/mol. The molecule has 0 aliphatic heterocycles. The summed E-state index contributed by atoms with van der Waals surface area (Å²) in [7, 11) is -2.64. The summed E-state index contributed by atoms with van der Waals surface area (Å²) in [4.78, 5) is 0. The van der Waals surface area contributed by atoms with Crippen molar-refractivity contribution in [3.05, 3.63) is 53.6 Å². The fraction of sp³-hybridized carbons (Fsp3) is 0.500. The van der Waals surface area contributed by atoms with Crippen LogP contribution >= 0.6 is 0 Å². The monoisotopic (exact) mass is 416 g/mol. The molecule has 0 amide bonds. The van der Waals surface area contributed by atoms with Crippen LogP contribution in [0.3, 0.4) is 0 Å². The van der Waals surface area contributed by atoms with E-state index in [4.69, 9.17) is 13.3 Å². The Kier molecular flexibility index (Phi) is 9.88. The molecule has 0 radical (unpaired) electrons. The van der Waals surface area contributed by atoms with E-state index in [9.17, 15) is 5.11 Å². The van der Waals surface area contributed by atoms with E-state index in [-0.39, 0.29) is 0 Å². The summed E-state index contributed by atoms with van der Waals surface area (Å²) in [6, 6.07) is 15.2. The number of hydrogen-bond donors (Lipinski definition) is 1. The van der Waals surface area contributed by atoms with Crippen molar-refractivity contribution in [2.75, 3.05) is 19.8 Å². The largest absolute Gasteiger partial charge is 0.508 e. The summed E-state index contributed by atoms with van der Waals surface area (Å²) in [6.07, 6.45) is 3.97. The lowest BCUT2D eigenvalue weighted by molar-refractivity contribution is 0.0708. The van der Waals surface area contributed by atoms with E-state index in [0.717, 1.165) is 37.3 Å². The van der Waals surface area contributed by atoms with Gasteiger partial charge in [-0.15, -0.1) is 0 Å². The summed E-state index contributed by atoms with van der Waals surface area (Å²) in [5, 5.41) is 10.0. The Morgan fingerprint density at radius 1 is 0.793 bits per heavy atom. The van der Waals surface area contributed by atoms with E-state index in [1.807, 2.05) is 32.9 Å². The normalized spacial score (nSPS) is 11.7. The highest BCUT2D eigenvalue weighted by Gasteiger charge is 2.39. The fourth-order valence-corrected chi connectivity index (χ4v) is 6.32. The van der Waals surface area contributed by atoms with Gasteiger partial charge in [0, 0.05) is 25.9 Å². The Morgan fingerprint density at radius 3 is 1.97 bits per heavy atom. The molecule has 0 aliphatic rings. The lowest BCUT2D eigenvalue weighted by Gasteiger charge is -2.28. The molecule has 2 aromatic rings. The van der Waals surface area contributed by atoms with Gasteiger partial charge in [-0.25, -0.2) is 0 Å². The lowest BCUT2D eigenvalue weighted by Crippen LogP contribution is -2.46. The first kappa shape index (κ1) is 23.6. The first-order valence-electron chi connectivity index (χ1n) is 10.9. The van der Waals surface area contributed by atoms with Crippen LogP contribution in [0.2, 0.25) is 6.04 Å². The van der Waals surface area contributed by atoms with E-state index in [0.29, 0.717) is 25.6 Å². The average Bonchev–Trinajstić information content (AvgIpc) is 2.70. The number of phenols is 1. The van der Waals surface area contributed by atoms with Crippen LogP contribution in [0.15, 0.2) is 42.5 Å². The third kappa shape index (κ3) is 6.96. The summed E-state index contributed by atoms with van der Waals surface area (Å²) >= 11 is 0. The van der Waals surface area contributed by atoms with E-state index in [2.05, 4.69) is 31.2 Å². The molecule has 0 spiro atoms. The zero-order valence-electron chi connectivity index (χ0n) is 18.4. The summed E-state index contributed by atoms with van der Waals surface area (Å²) in [5.74, 6) is 0.300. The average molecular weight is 417 g/mol. The molecule has 0 bridgehead atoms. The number of rotatable bonds is 13. The van der Waals surface area contributed by atoms with Crippen molar-refractivity contribution in [3.63, 3.8) is 0 Å². The van der Waals surface area contributed by atoms with Crippen LogP contribution in [0.25, 0.3) is 11.1 Å². The van der Waals surface area contributed by atoms with E-state index in [1.165, 1.54) is 16.7 Å². The van der Waals surface area contributed by atoms with Crippen molar-refractivity contribution in [2.24, 2.45) is 0 Å². The molecule has 0 unspecified atom stereocenters. The number of hydrogen-bond acceptors (Lipinski definition) is 4. The predicted octanol–water partition coefficient (Wildman–Crippen LogP) is 5.99. The Labute approximate surface area is 177 Å². The van der Waals surface area contributed by atoms with Crippen LogP contribution in [0.5, 0.6) is 5.75 Å². The standard InChI is InChI=1S/C24H36O4Si/c1-5-10-20-12-14-21(15-13-20)24-17-16-23(25)19-22(24)11-9-18-29(26-6-2,27-7-3)28-8-4/h12-17,19,25H,5-11,18H2,1-4H3. The second-order valence-electron chi connectivity index (χ2n) is 7.12.